The predicted octanol–water partition coefficient (Wildman–Crippen LogP) is 1.54. The molecule has 3 N–H and O–H groups in total. The van der Waals surface area contributed by atoms with Crippen molar-refractivity contribution in [3.05, 3.63) is 35.6 Å². The molecule has 1 aliphatic rings. The number of benzene rings is 1. The van der Waals surface area contributed by atoms with Crippen LogP contribution in [-0.4, -0.2) is 28.9 Å². The summed E-state index contributed by atoms with van der Waals surface area (Å²) in [7, 11) is 0. The maximum Gasteiger partial charge on any atom is 0.123 e. The largest absolute Gasteiger partial charge is 0.389 e. The second kappa shape index (κ2) is 4.96. The molecule has 0 amide bonds. The van der Waals surface area contributed by atoms with Gasteiger partial charge in [0.2, 0.25) is 0 Å². The van der Waals surface area contributed by atoms with Gasteiger partial charge in [-0.1, -0.05) is 12.1 Å². The second-order valence-electron chi connectivity index (χ2n) is 5.47. The second-order valence-corrected chi connectivity index (χ2v) is 5.47. The minimum atomic E-state index is -1.14. The average Bonchev–Trinajstić information content (AvgIpc) is 2.26. The molecule has 18 heavy (non-hydrogen) atoms. The highest BCUT2D eigenvalue weighted by Crippen LogP contribution is 2.31. The molecule has 1 unspecified atom stereocenters. The molecule has 0 saturated heterocycles. The molecule has 0 spiro atoms. The Hall–Kier alpha value is -0.970. The van der Waals surface area contributed by atoms with Gasteiger partial charge >= 0.3 is 0 Å². The van der Waals surface area contributed by atoms with Crippen molar-refractivity contribution in [1.82, 2.24) is 5.32 Å². The predicted molar refractivity (Wildman–Crippen MR) is 67.6 cm³/mol. The molecule has 3 nitrogen and oxygen atoms in total. The molecule has 0 radical (unpaired) electrons. The molecular formula is C14H20FNO2. The molecule has 0 aliphatic heterocycles. The topological polar surface area (TPSA) is 52.5 Å². The van der Waals surface area contributed by atoms with Gasteiger partial charge in [-0.05, 0) is 43.9 Å². The Morgan fingerprint density at radius 2 is 2.17 bits per heavy atom. The summed E-state index contributed by atoms with van der Waals surface area (Å²) in [5.41, 5.74) is -1.21. The van der Waals surface area contributed by atoms with Gasteiger partial charge in [-0.25, -0.2) is 4.39 Å². The summed E-state index contributed by atoms with van der Waals surface area (Å²) < 4.78 is 13.1. The van der Waals surface area contributed by atoms with Crippen LogP contribution in [0.1, 0.15) is 31.7 Å². The Labute approximate surface area is 107 Å². The van der Waals surface area contributed by atoms with Gasteiger partial charge in [-0.15, -0.1) is 0 Å². The van der Waals surface area contributed by atoms with E-state index in [1.807, 2.05) is 0 Å². The lowest BCUT2D eigenvalue weighted by molar-refractivity contribution is -0.0367. The maximum absolute atomic E-state index is 13.1. The number of hydrogen-bond donors (Lipinski definition) is 3. The smallest absolute Gasteiger partial charge is 0.123 e. The zero-order valence-electron chi connectivity index (χ0n) is 10.6. The average molecular weight is 253 g/mol. The summed E-state index contributed by atoms with van der Waals surface area (Å²) in [5, 5.41) is 23.3. The number of rotatable bonds is 5. The third-order valence-corrected chi connectivity index (χ3v) is 3.65. The van der Waals surface area contributed by atoms with Crippen LogP contribution in [0.5, 0.6) is 0 Å². The third-order valence-electron chi connectivity index (χ3n) is 3.65. The highest BCUT2D eigenvalue weighted by Gasteiger charge is 2.34. The van der Waals surface area contributed by atoms with Crippen molar-refractivity contribution in [3.63, 3.8) is 0 Å². The van der Waals surface area contributed by atoms with Crippen LogP contribution in [0, 0.1) is 5.82 Å². The summed E-state index contributed by atoms with van der Waals surface area (Å²) in [4.78, 5) is 0. The van der Waals surface area contributed by atoms with E-state index in [4.69, 9.17) is 0 Å². The summed E-state index contributed by atoms with van der Waals surface area (Å²) in [6.45, 7) is 2.40. The molecule has 1 aromatic rings. The Morgan fingerprint density at radius 3 is 2.72 bits per heavy atom. The molecule has 1 aliphatic carbocycles. The quantitative estimate of drug-likeness (QED) is 0.746. The van der Waals surface area contributed by atoms with Crippen LogP contribution in [-0.2, 0) is 5.60 Å². The zero-order chi connectivity index (χ0) is 13.2. The Balaban J connectivity index is 1.90. The third kappa shape index (κ3) is 3.07. The van der Waals surface area contributed by atoms with Crippen molar-refractivity contribution < 1.29 is 14.6 Å². The Bertz CT molecular complexity index is 416. The minimum absolute atomic E-state index is 0.290. The first-order valence-corrected chi connectivity index (χ1v) is 6.33. The maximum atomic E-state index is 13.1. The summed E-state index contributed by atoms with van der Waals surface area (Å²) >= 11 is 0. The van der Waals surface area contributed by atoms with Gasteiger partial charge in [0.05, 0.1) is 11.2 Å². The van der Waals surface area contributed by atoms with Crippen molar-refractivity contribution in [3.8, 4) is 0 Å². The lowest BCUT2D eigenvalue weighted by Crippen LogP contribution is -2.49. The lowest BCUT2D eigenvalue weighted by Gasteiger charge is -2.37. The van der Waals surface area contributed by atoms with Crippen LogP contribution < -0.4 is 5.32 Å². The summed E-state index contributed by atoms with van der Waals surface area (Å²) in [6, 6.07) is 5.96. The van der Waals surface area contributed by atoms with Crippen LogP contribution in [0.25, 0.3) is 0 Å². The molecule has 2 rings (SSSR count). The monoisotopic (exact) mass is 253 g/mol. The molecule has 4 heteroatoms. The van der Waals surface area contributed by atoms with Crippen molar-refractivity contribution in [2.75, 3.05) is 13.1 Å². The van der Waals surface area contributed by atoms with Gasteiger partial charge in [0.1, 0.15) is 5.82 Å². The van der Waals surface area contributed by atoms with Gasteiger partial charge in [0.25, 0.3) is 0 Å². The minimum Gasteiger partial charge on any atom is -0.389 e. The van der Waals surface area contributed by atoms with Crippen molar-refractivity contribution >= 4 is 0 Å². The van der Waals surface area contributed by atoms with Crippen LogP contribution in [0.4, 0.5) is 4.39 Å². The highest BCUT2D eigenvalue weighted by atomic mass is 19.1. The van der Waals surface area contributed by atoms with Gasteiger partial charge in [0, 0.05) is 13.1 Å². The van der Waals surface area contributed by atoms with Crippen molar-refractivity contribution in [2.24, 2.45) is 0 Å². The molecule has 0 heterocycles. The number of aliphatic hydroxyl groups is 2. The van der Waals surface area contributed by atoms with E-state index in [0.29, 0.717) is 18.7 Å². The van der Waals surface area contributed by atoms with E-state index in [1.165, 1.54) is 12.1 Å². The summed E-state index contributed by atoms with van der Waals surface area (Å²) in [5.74, 6) is -0.356. The first-order chi connectivity index (χ1) is 8.41. The highest BCUT2D eigenvalue weighted by molar-refractivity contribution is 5.22. The normalized spacial score (nSPS) is 21.1. The molecule has 1 atom stereocenters. The van der Waals surface area contributed by atoms with E-state index >= 15 is 0 Å². The fraction of sp³-hybridized carbons (Fsp3) is 0.571. The summed E-state index contributed by atoms with van der Waals surface area (Å²) in [6.07, 6.45) is 2.67. The number of nitrogens with one attached hydrogen (secondary N) is 1. The van der Waals surface area contributed by atoms with E-state index in [-0.39, 0.29) is 5.82 Å². The Kier molecular flexibility index (Phi) is 3.71. The molecule has 0 bridgehead atoms. The number of halogens is 1. The SMILES string of the molecule is CC(O)(CNCC1(O)CCC1)c1cccc(F)c1. The first kappa shape index (κ1) is 13.5. The van der Waals surface area contributed by atoms with Gasteiger partial charge < -0.3 is 15.5 Å². The van der Waals surface area contributed by atoms with E-state index in [2.05, 4.69) is 5.32 Å². The lowest BCUT2D eigenvalue weighted by atomic mass is 9.80. The van der Waals surface area contributed by atoms with E-state index in [1.54, 1.807) is 19.1 Å². The molecule has 100 valence electrons. The van der Waals surface area contributed by atoms with Gasteiger partial charge in [-0.3, -0.25) is 0 Å². The van der Waals surface area contributed by atoms with Crippen LogP contribution in [0.2, 0.25) is 0 Å². The van der Waals surface area contributed by atoms with Crippen LogP contribution in [0.3, 0.4) is 0 Å². The van der Waals surface area contributed by atoms with Crippen molar-refractivity contribution in [1.29, 1.82) is 0 Å². The first-order valence-electron chi connectivity index (χ1n) is 6.33. The Morgan fingerprint density at radius 1 is 1.44 bits per heavy atom. The van der Waals surface area contributed by atoms with Crippen LogP contribution >= 0.6 is 0 Å². The molecule has 0 aromatic heterocycles. The van der Waals surface area contributed by atoms with Gasteiger partial charge in [0.15, 0.2) is 0 Å². The van der Waals surface area contributed by atoms with E-state index in [0.717, 1.165) is 19.3 Å². The molecule has 1 fully saturated rings. The molecule has 1 saturated carbocycles. The van der Waals surface area contributed by atoms with Crippen LogP contribution in [0.15, 0.2) is 24.3 Å². The molecular weight excluding hydrogens is 233 g/mol. The molecule has 1 aromatic carbocycles. The van der Waals surface area contributed by atoms with E-state index in [9.17, 15) is 14.6 Å². The fourth-order valence-corrected chi connectivity index (χ4v) is 2.23. The zero-order valence-corrected chi connectivity index (χ0v) is 10.6. The fourth-order valence-electron chi connectivity index (χ4n) is 2.23. The standard InChI is InChI=1S/C14H20FNO2/c1-13(17,11-4-2-5-12(15)8-11)9-16-10-14(18)6-3-7-14/h2,4-5,8,16-18H,3,6-7,9-10H2,1H3. The van der Waals surface area contributed by atoms with Gasteiger partial charge in [-0.2, -0.15) is 0 Å². The number of hydrogen-bond acceptors (Lipinski definition) is 3. The van der Waals surface area contributed by atoms with Crippen molar-refractivity contribution in [2.45, 2.75) is 37.4 Å². The van der Waals surface area contributed by atoms with E-state index < -0.39 is 11.2 Å².